The lowest BCUT2D eigenvalue weighted by atomic mass is 10.1. The maximum atomic E-state index is 5.86. The third-order valence-corrected chi connectivity index (χ3v) is 3.73. The summed E-state index contributed by atoms with van der Waals surface area (Å²) < 4.78 is 6.87. The Labute approximate surface area is 129 Å². The lowest BCUT2D eigenvalue weighted by Gasteiger charge is -2.23. The van der Waals surface area contributed by atoms with Crippen LogP contribution < -0.4 is 10.6 Å². The van der Waals surface area contributed by atoms with E-state index in [2.05, 4.69) is 66.4 Å². The number of nitrogens with one attached hydrogen (secondary N) is 2. The van der Waals surface area contributed by atoms with Crippen LogP contribution in [0.15, 0.2) is 33.2 Å². The van der Waals surface area contributed by atoms with Gasteiger partial charge in [-0.3, -0.25) is 0 Å². The Balaban J connectivity index is 1.91. The molecule has 0 amide bonds. The van der Waals surface area contributed by atoms with E-state index >= 15 is 0 Å². The van der Waals surface area contributed by atoms with Gasteiger partial charge in [0.1, 0.15) is 11.3 Å². The first-order valence-electron chi connectivity index (χ1n) is 7.00. The minimum Gasteiger partial charge on any atom is -0.459 e. The van der Waals surface area contributed by atoms with E-state index in [-0.39, 0.29) is 5.54 Å². The normalized spacial score (nSPS) is 13.8. The van der Waals surface area contributed by atoms with Gasteiger partial charge < -0.3 is 15.1 Å². The maximum Gasteiger partial charge on any atom is 0.148 e. The summed E-state index contributed by atoms with van der Waals surface area (Å²) in [5.74, 6) is 0.967. The summed E-state index contributed by atoms with van der Waals surface area (Å²) >= 11 is 3.51. The third-order valence-electron chi connectivity index (χ3n) is 3.11. The Hall–Kier alpha value is -0.840. The average Bonchev–Trinajstić information content (AvgIpc) is 2.77. The molecule has 0 aliphatic heterocycles. The van der Waals surface area contributed by atoms with Crippen LogP contribution in [0.2, 0.25) is 0 Å². The van der Waals surface area contributed by atoms with Crippen molar-refractivity contribution in [3.63, 3.8) is 0 Å². The van der Waals surface area contributed by atoms with Crippen molar-refractivity contribution >= 4 is 26.9 Å². The zero-order valence-corrected chi connectivity index (χ0v) is 14.2. The first-order valence-corrected chi connectivity index (χ1v) is 7.80. The first kappa shape index (κ1) is 15.5. The van der Waals surface area contributed by atoms with Crippen molar-refractivity contribution in [2.24, 2.45) is 0 Å². The number of para-hydroxylation sites is 1. The molecule has 2 N–H and O–H groups in total. The van der Waals surface area contributed by atoms with E-state index in [4.69, 9.17) is 4.42 Å². The van der Waals surface area contributed by atoms with Crippen LogP contribution in [0.4, 0.5) is 0 Å². The molecule has 0 bridgehead atoms. The monoisotopic (exact) mass is 338 g/mol. The molecule has 0 saturated carbocycles. The topological polar surface area (TPSA) is 37.2 Å². The van der Waals surface area contributed by atoms with E-state index in [9.17, 15) is 0 Å². The predicted octanol–water partition coefficient (Wildman–Crippen LogP) is 4.06. The Morgan fingerprint density at radius 3 is 2.70 bits per heavy atom. The molecule has 3 nitrogen and oxygen atoms in total. The Bertz CT molecular complexity index is 571. The number of fused-ring (bicyclic) bond motifs is 1. The van der Waals surface area contributed by atoms with Crippen molar-refractivity contribution in [3.05, 3.63) is 34.5 Å². The predicted molar refractivity (Wildman–Crippen MR) is 88.0 cm³/mol. The number of benzene rings is 1. The summed E-state index contributed by atoms with van der Waals surface area (Å²) in [6, 6.07) is 8.58. The molecule has 0 radical (unpaired) electrons. The van der Waals surface area contributed by atoms with Gasteiger partial charge in [0, 0.05) is 23.5 Å². The van der Waals surface area contributed by atoms with Crippen LogP contribution in [0.3, 0.4) is 0 Å². The van der Waals surface area contributed by atoms with Gasteiger partial charge in [-0.05, 0) is 55.8 Å². The molecule has 2 aromatic rings. The van der Waals surface area contributed by atoms with Crippen LogP contribution in [-0.2, 0) is 6.54 Å². The SMILES string of the molecule is CC(CNC(C)(C)C)NCc1cc2cccc(Br)c2o1. The summed E-state index contributed by atoms with van der Waals surface area (Å²) in [5.41, 5.74) is 1.07. The van der Waals surface area contributed by atoms with Gasteiger partial charge in [-0.1, -0.05) is 12.1 Å². The van der Waals surface area contributed by atoms with Crippen LogP contribution in [-0.4, -0.2) is 18.1 Å². The van der Waals surface area contributed by atoms with Crippen LogP contribution in [0.5, 0.6) is 0 Å². The molecule has 1 atom stereocenters. The fourth-order valence-corrected chi connectivity index (χ4v) is 2.44. The zero-order valence-electron chi connectivity index (χ0n) is 12.6. The van der Waals surface area contributed by atoms with Crippen molar-refractivity contribution < 1.29 is 4.42 Å². The molecular formula is C16H23BrN2O. The van der Waals surface area contributed by atoms with E-state index in [1.807, 2.05) is 12.1 Å². The van der Waals surface area contributed by atoms with Gasteiger partial charge in [-0.2, -0.15) is 0 Å². The van der Waals surface area contributed by atoms with Gasteiger partial charge in [0.2, 0.25) is 0 Å². The highest BCUT2D eigenvalue weighted by molar-refractivity contribution is 9.10. The Morgan fingerprint density at radius 1 is 1.30 bits per heavy atom. The maximum absolute atomic E-state index is 5.86. The number of hydrogen-bond acceptors (Lipinski definition) is 3. The molecule has 110 valence electrons. The van der Waals surface area contributed by atoms with Crippen molar-refractivity contribution in [1.29, 1.82) is 0 Å². The minimum atomic E-state index is 0.153. The molecule has 0 aliphatic rings. The summed E-state index contributed by atoms with van der Waals surface area (Å²) in [6.45, 7) is 10.4. The third kappa shape index (κ3) is 4.33. The molecular weight excluding hydrogens is 316 g/mol. The second-order valence-corrected chi connectivity index (χ2v) is 7.14. The number of halogens is 1. The average molecular weight is 339 g/mol. The lowest BCUT2D eigenvalue weighted by molar-refractivity contribution is 0.380. The molecule has 1 aromatic heterocycles. The second kappa shape index (κ2) is 6.29. The molecule has 1 heterocycles. The van der Waals surface area contributed by atoms with Crippen molar-refractivity contribution in [3.8, 4) is 0 Å². The number of rotatable bonds is 5. The van der Waals surface area contributed by atoms with E-state index in [1.165, 1.54) is 0 Å². The summed E-state index contributed by atoms with van der Waals surface area (Å²) in [6.07, 6.45) is 0. The Kier molecular flexibility index (Phi) is 4.89. The van der Waals surface area contributed by atoms with Crippen LogP contribution in [0, 0.1) is 0 Å². The molecule has 2 rings (SSSR count). The highest BCUT2D eigenvalue weighted by atomic mass is 79.9. The van der Waals surface area contributed by atoms with Gasteiger partial charge >= 0.3 is 0 Å². The molecule has 1 aromatic carbocycles. The fraction of sp³-hybridized carbons (Fsp3) is 0.500. The van der Waals surface area contributed by atoms with Crippen molar-refractivity contribution in [2.75, 3.05) is 6.54 Å². The number of furan rings is 1. The zero-order chi connectivity index (χ0) is 14.8. The molecule has 0 spiro atoms. The second-order valence-electron chi connectivity index (χ2n) is 6.28. The summed E-state index contributed by atoms with van der Waals surface area (Å²) in [5, 5.41) is 8.11. The van der Waals surface area contributed by atoms with E-state index in [1.54, 1.807) is 0 Å². The lowest BCUT2D eigenvalue weighted by Crippen LogP contribution is -2.44. The van der Waals surface area contributed by atoms with Crippen molar-refractivity contribution in [2.45, 2.75) is 45.8 Å². The van der Waals surface area contributed by atoms with E-state index in [0.29, 0.717) is 6.04 Å². The fourth-order valence-electron chi connectivity index (χ4n) is 1.97. The summed E-state index contributed by atoms with van der Waals surface area (Å²) in [4.78, 5) is 0. The van der Waals surface area contributed by atoms with Gasteiger partial charge in [-0.25, -0.2) is 0 Å². The summed E-state index contributed by atoms with van der Waals surface area (Å²) in [7, 11) is 0. The number of hydrogen-bond donors (Lipinski definition) is 2. The quantitative estimate of drug-likeness (QED) is 0.863. The Morgan fingerprint density at radius 2 is 2.05 bits per heavy atom. The van der Waals surface area contributed by atoms with Crippen molar-refractivity contribution in [1.82, 2.24) is 10.6 Å². The standard InChI is InChI=1S/C16H23BrN2O/c1-11(9-19-16(2,3)4)18-10-13-8-12-6-5-7-14(17)15(12)20-13/h5-8,11,18-19H,9-10H2,1-4H3. The van der Waals surface area contributed by atoms with Gasteiger partial charge in [-0.15, -0.1) is 0 Å². The smallest absolute Gasteiger partial charge is 0.148 e. The molecule has 0 aliphatic carbocycles. The molecule has 4 heteroatoms. The molecule has 0 saturated heterocycles. The van der Waals surface area contributed by atoms with Gasteiger partial charge in [0.05, 0.1) is 11.0 Å². The van der Waals surface area contributed by atoms with Gasteiger partial charge in [0.25, 0.3) is 0 Å². The highest BCUT2D eigenvalue weighted by Gasteiger charge is 2.12. The molecule has 20 heavy (non-hydrogen) atoms. The van der Waals surface area contributed by atoms with Crippen LogP contribution in [0.25, 0.3) is 11.0 Å². The first-order chi connectivity index (χ1) is 9.35. The van der Waals surface area contributed by atoms with E-state index < -0.39 is 0 Å². The molecule has 0 fully saturated rings. The minimum absolute atomic E-state index is 0.153. The van der Waals surface area contributed by atoms with E-state index in [0.717, 1.165) is 34.3 Å². The van der Waals surface area contributed by atoms with Crippen LogP contribution in [0.1, 0.15) is 33.5 Å². The largest absolute Gasteiger partial charge is 0.459 e. The molecule has 1 unspecified atom stereocenters. The van der Waals surface area contributed by atoms with Gasteiger partial charge in [0.15, 0.2) is 0 Å². The highest BCUT2D eigenvalue weighted by Crippen LogP contribution is 2.26. The van der Waals surface area contributed by atoms with Crippen LogP contribution >= 0.6 is 15.9 Å².